The first-order valence-electron chi connectivity index (χ1n) is 6.62. The Morgan fingerprint density at radius 3 is 2.70 bits per heavy atom. The molecule has 0 fully saturated rings. The Morgan fingerprint density at radius 1 is 1.25 bits per heavy atom. The van der Waals surface area contributed by atoms with Crippen molar-refractivity contribution in [1.82, 2.24) is 10.3 Å². The molecule has 0 aliphatic rings. The van der Waals surface area contributed by atoms with E-state index in [9.17, 15) is 4.79 Å². The fourth-order valence-corrected chi connectivity index (χ4v) is 1.83. The number of aryl methyl sites for hydroxylation is 1. The van der Waals surface area contributed by atoms with Gasteiger partial charge in [0.15, 0.2) is 0 Å². The lowest BCUT2D eigenvalue weighted by atomic mass is 10.1. The molecule has 104 valence electrons. The Morgan fingerprint density at radius 2 is 2.05 bits per heavy atom. The Hall–Kier alpha value is -2.36. The quantitative estimate of drug-likeness (QED) is 0.908. The lowest BCUT2D eigenvalue weighted by molar-refractivity contribution is 0.0950. The van der Waals surface area contributed by atoms with Crippen molar-refractivity contribution in [2.24, 2.45) is 0 Å². The van der Waals surface area contributed by atoms with Gasteiger partial charge in [-0.25, -0.2) is 4.98 Å². The second kappa shape index (κ2) is 6.70. The highest BCUT2D eigenvalue weighted by molar-refractivity contribution is 5.93. The maximum atomic E-state index is 12.0. The molecule has 0 radical (unpaired) electrons. The first-order valence-corrected chi connectivity index (χ1v) is 6.62. The summed E-state index contributed by atoms with van der Waals surface area (Å²) in [5.41, 5.74) is 2.81. The molecule has 0 saturated carbocycles. The summed E-state index contributed by atoms with van der Waals surface area (Å²) in [6.45, 7) is 5.00. The van der Waals surface area contributed by atoms with E-state index in [2.05, 4.69) is 10.3 Å². The van der Waals surface area contributed by atoms with Gasteiger partial charge in [0.1, 0.15) is 0 Å². The third-order valence-electron chi connectivity index (χ3n) is 2.99. The molecule has 4 nitrogen and oxygen atoms in total. The number of aromatic nitrogens is 1. The van der Waals surface area contributed by atoms with E-state index in [1.54, 1.807) is 12.1 Å². The zero-order valence-corrected chi connectivity index (χ0v) is 11.7. The van der Waals surface area contributed by atoms with Crippen molar-refractivity contribution in [2.75, 3.05) is 6.61 Å². The van der Waals surface area contributed by atoms with Crippen LogP contribution < -0.4 is 10.1 Å². The minimum absolute atomic E-state index is 0.135. The topological polar surface area (TPSA) is 51.2 Å². The largest absolute Gasteiger partial charge is 0.478 e. The summed E-state index contributed by atoms with van der Waals surface area (Å²) in [6, 6.07) is 11.4. The molecule has 4 heteroatoms. The molecule has 1 N–H and O–H groups in total. The molecule has 0 bridgehead atoms. The number of hydrogen-bond acceptors (Lipinski definition) is 3. The summed E-state index contributed by atoms with van der Waals surface area (Å²) in [6.07, 6.45) is 1.53. The van der Waals surface area contributed by atoms with Crippen molar-refractivity contribution >= 4 is 5.91 Å². The summed E-state index contributed by atoms with van der Waals surface area (Å²) < 4.78 is 5.24. The zero-order chi connectivity index (χ0) is 14.4. The molecule has 1 aromatic heterocycles. The fraction of sp³-hybridized carbons (Fsp3) is 0.250. The monoisotopic (exact) mass is 270 g/mol. The van der Waals surface area contributed by atoms with E-state index in [0.717, 1.165) is 11.1 Å². The summed E-state index contributed by atoms with van der Waals surface area (Å²) in [7, 11) is 0. The summed E-state index contributed by atoms with van der Waals surface area (Å²) in [5, 5.41) is 2.89. The van der Waals surface area contributed by atoms with Crippen LogP contribution in [0.25, 0.3) is 0 Å². The van der Waals surface area contributed by atoms with Crippen LogP contribution in [0.1, 0.15) is 28.4 Å². The molecule has 20 heavy (non-hydrogen) atoms. The molecular formula is C16H18N2O2. The second-order valence-corrected chi connectivity index (χ2v) is 4.43. The van der Waals surface area contributed by atoms with Gasteiger partial charge >= 0.3 is 0 Å². The highest BCUT2D eigenvalue weighted by Gasteiger charge is 2.07. The number of pyridine rings is 1. The van der Waals surface area contributed by atoms with Gasteiger partial charge in [-0.2, -0.15) is 0 Å². The van der Waals surface area contributed by atoms with E-state index >= 15 is 0 Å². The summed E-state index contributed by atoms with van der Waals surface area (Å²) in [5.74, 6) is 0.395. The average Bonchev–Trinajstić information content (AvgIpc) is 2.47. The van der Waals surface area contributed by atoms with Crippen molar-refractivity contribution in [3.05, 3.63) is 59.3 Å². The molecule has 0 unspecified atom stereocenters. The minimum atomic E-state index is -0.135. The van der Waals surface area contributed by atoms with Gasteiger partial charge in [0.25, 0.3) is 5.91 Å². The average molecular weight is 270 g/mol. The first-order chi connectivity index (χ1) is 9.70. The molecule has 0 saturated heterocycles. The van der Waals surface area contributed by atoms with Crippen molar-refractivity contribution in [3.8, 4) is 5.88 Å². The fourth-order valence-electron chi connectivity index (χ4n) is 1.83. The molecular weight excluding hydrogens is 252 g/mol. The van der Waals surface area contributed by atoms with Gasteiger partial charge in [-0.1, -0.05) is 24.3 Å². The van der Waals surface area contributed by atoms with E-state index in [1.165, 1.54) is 6.20 Å². The molecule has 0 spiro atoms. The number of nitrogens with one attached hydrogen (secondary N) is 1. The minimum Gasteiger partial charge on any atom is -0.478 e. The molecule has 0 aliphatic heterocycles. The van der Waals surface area contributed by atoms with E-state index in [0.29, 0.717) is 24.6 Å². The number of amides is 1. The van der Waals surface area contributed by atoms with Gasteiger partial charge in [-0.15, -0.1) is 0 Å². The van der Waals surface area contributed by atoms with Crippen LogP contribution in [0.15, 0.2) is 42.6 Å². The first kappa shape index (κ1) is 14.1. The molecule has 2 rings (SSSR count). The van der Waals surface area contributed by atoms with E-state index in [1.807, 2.05) is 38.1 Å². The third kappa shape index (κ3) is 3.57. The normalized spacial score (nSPS) is 10.1. The SMILES string of the molecule is CCOc1ccc(C(=O)NCc2ccccc2C)cn1. The molecule has 1 amide bonds. The Balaban J connectivity index is 1.96. The molecule has 1 aromatic carbocycles. The van der Waals surface area contributed by atoms with Crippen molar-refractivity contribution in [2.45, 2.75) is 20.4 Å². The summed E-state index contributed by atoms with van der Waals surface area (Å²) >= 11 is 0. The van der Waals surface area contributed by atoms with Crippen LogP contribution in [0.4, 0.5) is 0 Å². The number of carbonyl (C=O) groups excluding carboxylic acids is 1. The molecule has 2 aromatic rings. The van der Waals surface area contributed by atoms with Gasteiger partial charge in [0.05, 0.1) is 12.2 Å². The van der Waals surface area contributed by atoms with Crippen LogP contribution in [0.5, 0.6) is 5.88 Å². The van der Waals surface area contributed by atoms with Gasteiger partial charge in [-0.05, 0) is 31.0 Å². The van der Waals surface area contributed by atoms with Crippen molar-refractivity contribution in [1.29, 1.82) is 0 Å². The highest BCUT2D eigenvalue weighted by Crippen LogP contribution is 2.09. The van der Waals surface area contributed by atoms with Gasteiger partial charge in [0.2, 0.25) is 5.88 Å². The number of ether oxygens (including phenoxy) is 1. The van der Waals surface area contributed by atoms with Gasteiger partial charge < -0.3 is 10.1 Å². The van der Waals surface area contributed by atoms with Gasteiger partial charge in [-0.3, -0.25) is 4.79 Å². The summed E-state index contributed by atoms with van der Waals surface area (Å²) in [4.78, 5) is 16.1. The predicted molar refractivity (Wildman–Crippen MR) is 77.8 cm³/mol. The standard InChI is InChI=1S/C16H18N2O2/c1-3-20-15-9-8-14(11-17-15)16(19)18-10-13-7-5-4-6-12(13)2/h4-9,11H,3,10H2,1-2H3,(H,18,19). The van der Waals surface area contributed by atoms with E-state index in [-0.39, 0.29) is 5.91 Å². The highest BCUT2D eigenvalue weighted by atomic mass is 16.5. The number of benzene rings is 1. The predicted octanol–water partition coefficient (Wildman–Crippen LogP) is 2.72. The second-order valence-electron chi connectivity index (χ2n) is 4.43. The maximum absolute atomic E-state index is 12.0. The Kier molecular flexibility index (Phi) is 4.71. The maximum Gasteiger partial charge on any atom is 0.253 e. The van der Waals surface area contributed by atoms with Crippen LogP contribution in [-0.4, -0.2) is 17.5 Å². The lowest BCUT2D eigenvalue weighted by Gasteiger charge is -2.08. The van der Waals surface area contributed by atoms with Gasteiger partial charge in [0, 0.05) is 18.8 Å². The Bertz CT molecular complexity index is 579. The van der Waals surface area contributed by atoms with E-state index < -0.39 is 0 Å². The Labute approximate surface area is 118 Å². The van der Waals surface area contributed by atoms with Crippen molar-refractivity contribution < 1.29 is 9.53 Å². The number of rotatable bonds is 5. The van der Waals surface area contributed by atoms with Crippen LogP contribution in [0.2, 0.25) is 0 Å². The number of carbonyl (C=O) groups is 1. The molecule has 0 atom stereocenters. The third-order valence-corrected chi connectivity index (χ3v) is 2.99. The lowest BCUT2D eigenvalue weighted by Crippen LogP contribution is -2.23. The van der Waals surface area contributed by atoms with Crippen LogP contribution >= 0.6 is 0 Å². The molecule has 1 heterocycles. The number of nitrogens with zero attached hydrogens (tertiary/aromatic N) is 1. The van der Waals surface area contributed by atoms with Crippen molar-refractivity contribution in [3.63, 3.8) is 0 Å². The van der Waals surface area contributed by atoms with Crippen LogP contribution in [0.3, 0.4) is 0 Å². The van der Waals surface area contributed by atoms with Crippen LogP contribution in [-0.2, 0) is 6.54 Å². The number of hydrogen-bond donors (Lipinski definition) is 1. The molecule has 0 aliphatic carbocycles. The van der Waals surface area contributed by atoms with Crippen LogP contribution in [0, 0.1) is 6.92 Å². The smallest absolute Gasteiger partial charge is 0.253 e. The van der Waals surface area contributed by atoms with E-state index in [4.69, 9.17) is 4.74 Å². The zero-order valence-electron chi connectivity index (χ0n) is 11.7.